The highest BCUT2D eigenvalue weighted by molar-refractivity contribution is 5.75. The summed E-state index contributed by atoms with van der Waals surface area (Å²) in [5.74, 6) is 1.56. The van der Waals surface area contributed by atoms with E-state index in [9.17, 15) is 4.79 Å². The number of hydrogen-bond donors (Lipinski definition) is 1. The van der Waals surface area contributed by atoms with Gasteiger partial charge < -0.3 is 20.1 Å². The fourth-order valence-electron chi connectivity index (χ4n) is 1.72. The topological polar surface area (TPSA) is 64.8 Å². The number of nitrogens with zero attached hydrogens (tertiary/aromatic N) is 1. The van der Waals surface area contributed by atoms with Crippen LogP contribution in [-0.4, -0.2) is 44.2 Å². The van der Waals surface area contributed by atoms with Crippen LogP contribution in [0.2, 0.25) is 0 Å². The van der Waals surface area contributed by atoms with E-state index < -0.39 is 0 Å². The molecule has 0 atom stereocenters. The lowest BCUT2D eigenvalue weighted by Crippen LogP contribution is -2.29. The summed E-state index contributed by atoms with van der Waals surface area (Å²) in [7, 11) is 1.79. The number of rotatable bonds is 9. The molecule has 0 unspecified atom stereocenters. The number of nitrogens with two attached hydrogens (primary N) is 1. The molecule has 20 heavy (non-hydrogen) atoms. The Bertz CT molecular complexity index is 410. The zero-order valence-electron chi connectivity index (χ0n) is 12.3. The van der Waals surface area contributed by atoms with Gasteiger partial charge in [0.05, 0.1) is 19.6 Å². The fourth-order valence-corrected chi connectivity index (χ4v) is 1.72. The van der Waals surface area contributed by atoms with Crippen LogP contribution in [0.4, 0.5) is 0 Å². The smallest absolute Gasteiger partial charge is 0.225 e. The quantitative estimate of drug-likeness (QED) is 0.747. The molecule has 0 saturated heterocycles. The molecule has 0 heterocycles. The monoisotopic (exact) mass is 280 g/mol. The second-order valence-corrected chi connectivity index (χ2v) is 4.46. The van der Waals surface area contributed by atoms with Crippen molar-refractivity contribution >= 4 is 5.91 Å². The predicted molar refractivity (Wildman–Crippen MR) is 79.0 cm³/mol. The van der Waals surface area contributed by atoms with Crippen molar-refractivity contribution in [2.75, 3.05) is 33.4 Å². The van der Waals surface area contributed by atoms with Crippen molar-refractivity contribution in [3.63, 3.8) is 0 Å². The average Bonchev–Trinajstić information content (AvgIpc) is 2.45. The lowest BCUT2D eigenvalue weighted by atomic mass is 10.3. The van der Waals surface area contributed by atoms with Crippen molar-refractivity contribution in [1.82, 2.24) is 4.90 Å². The Morgan fingerprint density at radius 3 is 2.65 bits per heavy atom. The van der Waals surface area contributed by atoms with Crippen LogP contribution in [0.15, 0.2) is 24.3 Å². The van der Waals surface area contributed by atoms with Crippen LogP contribution in [0.5, 0.6) is 11.5 Å². The molecule has 0 bridgehead atoms. The van der Waals surface area contributed by atoms with Crippen molar-refractivity contribution in [1.29, 1.82) is 0 Å². The molecule has 1 rings (SSSR count). The van der Waals surface area contributed by atoms with Gasteiger partial charge in [0, 0.05) is 19.7 Å². The first-order valence-electron chi connectivity index (χ1n) is 6.97. The van der Waals surface area contributed by atoms with Gasteiger partial charge >= 0.3 is 0 Å². The lowest BCUT2D eigenvalue weighted by Gasteiger charge is -2.16. The van der Waals surface area contributed by atoms with E-state index in [1.807, 2.05) is 31.2 Å². The molecule has 5 heteroatoms. The Morgan fingerprint density at radius 1 is 1.30 bits per heavy atom. The summed E-state index contributed by atoms with van der Waals surface area (Å²) >= 11 is 0. The summed E-state index contributed by atoms with van der Waals surface area (Å²) < 4.78 is 11.0. The Morgan fingerprint density at radius 2 is 2.00 bits per heavy atom. The standard InChI is InChI=1S/C15H24N2O3/c1-3-19-13-6-4-7-14(12-13)20-11-8-15(18)17(2)10-5-9-16/h4,6-7,12H,3,5,8-11,16H2,1-2H3. The number of carbonyl (C=O) groups excluding carboxylic acids is 1. The van der Waals surface area contributed by atoms with Gasteiger partial charge in [-0.1, -0.05) is 6.07 Å². The Balaban J connectivity index is 2.32. The van der Waals surface area contributed by atoms with Crippen molar-refractivity contribution in [3.05, 3.63) is 24.3 Å². The zero-order chi connectivity index (χ0) is 14.8. The van der Waals surface area contributed by atoms with Crippen molar-refractivity contribution in [2.45, 2.75) is 19.8 Å². The number of benzene rings is 1. The van der Waals surface area contributed by atoms with Crippen molar-refractivity contribution in [3.8, 4) is 11.5 Å². The summed E-state index contributed by atoms with van der Waals surface area (Å²) in [5, 5.41) is 0. The zero-order valence-corrected chi connectivity index (χ0v) is 12.3. The molecule has 5 nitrogen and oxygen atoms in total. The molecule has 1 amide bonds. The van der Waals surface area contributed by atoms with Crippen LogP contribution < -0.4 is 15.2 Å². The number of carbonyl (C=O) groups is 1. The van der Waals surface area contributed by atoms with Crippen LogP contribution in [0, 0.1) is 0 Å². The molecule has 1 aromatic carbocycles. The third-order valence-corrected chi connectivity index (χ3v) is 2.82. The molecule has 0 radical (unpaired) electrons. The van der Waals surface area contributed by atoms with E-state index in [1.165, 1.54) is 0 Å². The third-order valence-electron chi connectivity index (χ3n) is 2.82. The predicted octanol–water partition coefficient (Wildman–Crippen LogP) is 1.66. The second kappa shape index (κ2) is 9.20. The van der Waals surface area contributed by atoms with E-state index in [0.29, 0.717) is 38.5 Å². The number of hydrogen-bond acceptors (Lipinski definition) is 4. The van der Waals surface area contributed by atoms with Crippen LogP contribution in [0.3, 0.4) is 0 Å². The van der Waals surface area contributed by atoms with E-state index in [0.717, 1.165) is 12.2 Å². The SMILES string of the molecule is CCOc1cccc(OCCC(=O)N(C)CCCN)c1. The van der Waals surface area contributed by atoms with Crippen molar-refractivity contribution < 1.29 is 14.3 Å². The number of amides is 1. The Kier molecular flexibility index (Phi) is 7.50. The number of ether oxygens (including phenoxy) is 2. The highest BCUT2D eigenvalue weighted by atomic mass is 16.5. The normalized spacial score (nSPS) is 10.2. The summed E-state index contributed by atoms with van der Waals surface area (Å²) in [6, 6.07) is 7.43. The first kappa shape index (κ1) is 16.3. The van der Waals surface area contributed by atoms with E-state index >= 15 is 0 Å². The largest absolute Gasteiger partial charge is 0.494 e. The fraction of sp³-hybridized carbons (Fsp3) is 0.533. The molecular weight excluding hydrogens is 256 g/mol. The van der Waals surface area contributed by atoms with Gasteiger partial charge in [-0.2, -0.15) is 0 Å². The molecule has 0 fully saturated rings. The van der Waals surface area contributed by atoms with Gasteiger partial charge in [0.1, 0.15) is 11.5 Å². The molecule has 1 aromatic rings. The first-order valence-corrected chi connectivity index (χ1v) is 6.97. The maximum atomic E-state index is 11.8. The summed E-state index contributed by atoms with van der Waals surface area (Å²) in [4.78, 5) is 13.5. The van der Waals surface area contributed by atoms with Gasteiger partial charge in [-0.3, -0.25) is 4.79 Å². The van der Waals surface area contributed by atoms with E-state index in [4.69, 9.17) is 15.2 Å². The Labute approximate surface area is 120 Å². The highest BCUT2D eigenvalue weighted by Gasteiger charge is 2.08. The molecule has 2 N–H and O–H groups in total. The van der Waals surface area contributed by atoms with Gasteiger partial charge in [0.25, 0.3) is 0 Å². The van der Waals surface area contributed by atoms with Gasteiger partial charge in [0.15, 0.2) is 0 Å². The van der Waals surface area contributed by atoms with Gasteiger partial charge in [-0.25, -0.2) is 0 Å². The molecule has 0 aliphatic heterocycles. The van der Waals surface area contributed by atoms with Crippen LogP contribution >= 0.6 is 0 Å². The summed E-state index contributed by atoms with van der Waals surface area (Å²) in [5.41, 5.74) is 5.42. The minimum absolute atomic E-state index is 0.0689. The molecule has 0 saturated carbocycles. The summed E-state index contributed by atoms with van der Waals surface area (Å²) in [6.45, 7) is 4.20. The molecule has 0 aliphatic rings. The van der Waals surface area contributed by atoms with E-state index in [2.05, 4.69) is 0 Å². The third kappa shape index (κ3) is 5.93. The lowest BCUT2D eigenvalue weighted by molar-refractivity contribution is -0.130. The minimum atomic E-state index is 0.0689. The van der Waals surface area contributed by atoms with Crippen LogP contribution in [-0.2, 0) is 4.79 Å². The molecule has 0 spiro atoms. The minimum Gasteiger partial charge on any atom is -0.494 e. The molecular formula is C15H24N2O3. The highest BCUT2D eigenvalue weighted by Crippen LogP contribution is 2.19. The van der Waals surface area contributed by atoms with Gasteiger partial charge in [0.2, 0.25) is 5.91 Å². The molecule has 0 aliphatic carbocycles. The maximum absolute atomic E-state index is 11.8. The molecule has 0 aromatic heterocycles. The first-order chi connectivity index (χ1) is 9.67. The second-order valence-electron chi connectivity index (χ2n) is 4.46. The van der Waals surface area contributed by atoms with Crippen LogP contribution in [0.1, 0.15) is 19.8 Å². The Hall–Kier alpha value is -1.75. The van der Waals surface area contributed by atoms with Crippen LogP contribution in [0.25, 0.3) is 0 Å². The van der Waals surface area contributed by atoms with Crippen molar-refractivity contribution in [2.24, 2.45) is 5.73 Å². The van der Waals surface area contributed by atoms with E-state index in [-0.39, 0.29) is 5.91 Å². The van der Waals surface area contributed by atoms with E-state index in [1.54, 1.807) is 11.9 Å². The molecule has 112 valence electrons. The van der Waals surface area contributed by atoms with Gasteiger partial charge in [-0.15, -0.1) is 0 Å². The van der Waals surface area contributed by atoms with Gasteiger partial charge in [-0.05, 0) is 32.0 Å². The average molecular weight is 280 g/mol. The maximum Gasteiger partial charge on any atom is 0.225 e. The summed E-state index contributed by atoms with van der Waals surface area (Å²) in [6.07, 6.45) is 1.18.